The molecule has 21 heavy (non-hydrogen) atoms. The van der Waals surface area contributed by atoms with Crippen molar-refractivity contribution in [3.63, 3.8) is 0 Å². The van der Waals surface area contributed by atoms with E-state index in [1.807, 2.05) is 39.0 Å². The first-order valence-electron chi connectivity index (χ1n) is 6.81. The van der Waals surface area contributed by atoms with Crippen LogP contribution in [0.3, 0.4) is 0 Å². The van der Waals surface area contributed by atoms with Crippen LogP contribution in [0.15, 0.2) is 45.6 Å². The molecule has 3 nitrogen and oxygen atoms in total. The fourth-order valence-corrected chi connectivity index (χ4v) is 2.44. The van der Waals surface area contributed by atoms with E-state index in [0.717, 1.165) is 16.7 Å². The van der Waals surface area contributed by atoms with Crippen molar-refractivity contribution in [3.05, 3.63) is 63.3 Å². The van der Waals surface area contributed by atoms with Gasteiger partial charge < -0.3 is 9.52 Å². The fraction of sp³-hybridized carbons (Fsp3) is 0.167. The van der Waals surface area contributed by atoms with Crippen LogP contribution in [0.4, 0.5) is 0 Å². The zero-order valence-electron chi connectivity index (χ0n) is 12.2. The number of phenolic OH excluding ortho intramolecular Hbond substituents is 1. The predicted octanol–water partition coefficient (Wildman–Crippen LogP) is 4.09. The number of hydrogen-bond donors (Lipinski definition) is 1. The van der Waals surface area contributed by atoms with Crippen LogP contribution in [0.25, 0.3) is 22.3 Å². The molecule has 0 amide bonds. The lowest BCUT2D eigenvalue weighted by atomic mass is 10.0. The molecule has 3 rings (SSSR count). The molecular weight excluding hydrogens is 264 g/mol. The Labute approximate surface area is 122 Å². The lowest BCUT2D eigenvalue weighted by Gasteiger charge is -2.07. The number of phenols is 1. The highest BCUT2D eigenvalue weighted by molar-refractivity contribution is 5.85. The quantitative estimate of drug-likeness (QED) is 0.730. The average molecular weight is 280 g/mol. The van der Waals surface area contributed by atoms with Crippen LogP contribution in [0.2, 0.25) is 0 Å². The Hall–Kier alpha value is -2.55. The second-order valence-electron chi connectivity index (χ2n) is 5.43. The molecule has 0 aliphatic carbocycles. The molecule has 0 fully saturated rings. The van der Waals surface area contributed by atoms with Gasteiger partial charge >= 0.3 is 0 Å². The summed E-state index contributed by atoms with van der Waals surface area (Å²) in [5.74, 6) is 0.478. The minimum absolute atomic E-state index is 0.0367. The largest absolute Gasteiger partial charge is 0.507 e. The Kier molecular flexibility index (Phi) is 3.05. The van der Waals surface area contributed by atoms with Crippen molar-refractivity contribution in [3.8, 4) is 17.1 Å². The van der Waals surface area contributed by atoms with Crippen LogP contribution in [-0.4, -0.2) is 5.11 Å². The van der Waals surface area contributed by atoms with E-state index in [1.54, 1.807) is 12.1 Å². The van der Waals surface area contributed by atoms with E-state index in [1.165, 1.54) is 11.6 Å². The van der Waals surface area contributed by atoms with Crippen LogP contribution in [-0.2, 0) is 0 Å². The molecule has 0 atom stereocenters. The maximum Gasteiger partial charge on any atom is 0.197 e. The van der Waals surface area contributed by atoms with Gasteiger partial charge in [0.25, 0.3) is 0 Å². The van der Waals surface area contributed by atoms with Crippen LogP contribution in [0, 0.1) is 20.8 Å². The van der Waals surface area contributed by atoms with Crippen molar-refractivity contribution in [2.24, 2.45) is 0 Å². The molecule has 0 unspecified atom stereocenters. The van der Waals surface area contributed by atoms with Gasteiger partial charge in [0.1, 0.15) is 22.5 Å². The highest BCUT2D eigenvalue weighted by atomic mass is 16.3. The third-order valence-electron chi connectivity index (χ3n) is 3.75. The second kappa shape index (κ2) is 4.77. The smallest absolute Gasteiger partial charge is 0.197 e. The van der Waals surface area contributed by atoms with E-state index >= 15 is 0 Å². The molecule has 3 heteroatoms. The average Bonchev–Trinajstić information content (AvgIpc) is 2.40. The van der Waals surface area contributed by atoms with Crippen molar-refractivity contribution in [1.82, 2.24) is 0 Å². The summed E-state index contributed by atoms with van der Waals surface area (Å²) < 4.78 is 5.83. The molecule has 0 spiro atoms. The lowest BCUT2D eigenvalue weighted by molar-refractivity contribution is 0.479. The molecule has 2 aromatic carbocycles. The van der Waals surface area contributed by atoms with Gasteiger partial charge in [-0.25, -0.2) is 0 Å². The predicted molar refractivity (Wildman–Crippen MR) is 83.8 cm³/mol. The summed E-state index contributed by atoms with van der Waals surface area (Å²) in [7, 11) is 0. The molecule has 106 valence electrons. The van der Waals surface area contributed by atoms with Crippen molar-refractivity contribution in [2.75, 3.05) is 0 Å². The number of hydrogen-bond acceptors (Lipinski definition) is 3. The molecule has 1 aromatic heterocycles. The maximum atomic E-state index is 12.2. The minimum atomic E-state index is -0.234. The number of aryl methyl sites for hydroxylation is 3. The maximum absolute atomic E-state index is 12.2. The van der Waals surface area contributed by atoms with Gasteiger partial charge in [-0.3, -0.25) is 4.79 Å². The number of fused-ring (bicyclic) bond motifs is 1. The molecule has 0 saturated carbocycles. The molecule has 1 N–H and O–H groups in total. The molecule has 0 saturated heterocycles. The first-order chi connectivity index (χ1) is 9.95. The topological polar surface area (TPSA) is 50.4 Å². The Bertz CT molecular complexity index is 904. The van der Waals surface area contributed by atoms with Gasteiger partial charge in [-0.1, -0.05) is 12.1 Å². The highest BCUT2D eigenvalue weighted by Gasteiger charge is 2.11. The van der Waals surface area contributed by atoms with Gasteiger partial charge in [0.05, 0.1) is 0 Å². The molecule has 0 aliphatic heterocycles. The Morgan fingerprint density at radius 2 is 1.71 bits per heavy atom. The van der Waals surface area contributed by atoms with Crippen molar-refractivity contribution in [2.45, 2.75) is 20.8 Å². The van der Waals surface area contributed by atoms with Crippen LogP contribution in [0.5, 0.6) is 5.75 Å². The van der Waals surface area contributed by atoms with E-state index in [0.29, 0.717) is 11.3 Å². The Morgan fingerprint density at radius 1 is 0.952 bits per heavy atom. The summed E-state index contributed by atoms with van der Waals surface area (Å²) in [6.45, 7) is 5.91. The number of aromatic hydroxyl groups is 1. The molecular formula is C18H16O3. The molecule has 0 bridgehead atoms. The van der Waals surface area contributed by atoms with Crippen molar-refractivity contribution >= 4 is 11.0 Å². The second-order valence-corrected chi connectivity index (χ2v) is 5.43. The lowest BCUT2D eigenvalue weighted by Crippen LogP contribution is -2.01. The van der Waals surface area contributed by atoms with E-state index in [2.05, 4.69) is 0 Å². The standard InChI is InChI=1S/C18H16O3/c1-10-6-14(19)18-15(20)9-16(21-17(18)7-10)13-5-4-11(2)12(3)8-13/h4-9,19H,1-3H3. The fourth-order valence-electron chi connectivity index (χ4n) is 2.44. The van der Waals surface area contributed by atoms with Crippen LogP contribution in [0.1, 0.15) is 16.7 Å². The minimum Gasteiger partial charge on any atom is -0.507 e. The molecule has 3 aromatic rings. The van der Waals surface area contributed by atoms with Gasteiger partial charge in [-0.2, -0.15) is 0 Å². The Balaban J connectivity index is 2.29. The number of rotatable bonds is 1. The summed E-state index contributed by atoms with van der Waals surface area (Å²) in [4.78, 5) is 12.2. The summed E-state index contributed by atoms with van der Waals surface area (Å²) in [6, 6.07) is 10.7. The summed E-state index contributed by atoms with van der Waals surface area (Å²) in [6.07, 6.45) is 0. The third-order valence-corrected chi connectivity index (χ3v) is 3.75. The van der Waals surface area contributed by atoms with Gasteiger partial charge in [-0.15, -0.1) is 0 Å². The van der Waals surface area contributed by atoms with E-state index in [-0.39, 0.29) is 16.6 Å². The van der Waals surface area contributed by atoms with Crippen LogP contribution < -0.4 is 5.43 Å². The van der Waals surface area contributed by atoms with Crippen molar-refractivity contribution < 1.29 is 9.52 Å². The van der Waals surface area contributed by atoms with E-state index in [9.17, 15) is 9.90 Å². The van der Waals surface area contributed by atoms with Gasteiger partial charge in [0.2, 0.25) is 0 Å². The molecule has 1 heterocycles. The van der Waals surface area contributed by atoms with Gasteiger partial charge in [0.15, 0.2) is 5.43 Å². The monoisotopic (exact) mass is 280 g/mol. The van der Waals surface area contributed by atoms with Crippen LogP contribution >= 0.6 is 0 Å². The first kappa shape index (κ1) is 13.4. The summed E-state index contributed by atoms with van der Waals surface area (Å²) in [5.41, 5.74) is 4.21. The summed E-state index contributed by atoms with van der Waals surface area (Å²) >= 11 is 0. The zero-order chi connectivity index (χ0) is 15.1. The first-order valence-corrected chi connectivity index (χ1v) is 6.81. The molecule has 0 aliphatic rings. The van der Waals surface area contributed by atoms with E-state index < -0.39 is 0 Å². The molecule has 0 radical (unpaired) electrons. The summed E-state index contributed by atoms with van der Waals surface area (Å²) in [5, 5.41) is 10.1. The SMILES string of the molecule is Cc1cc(O)c2c(=O)cc(-c3ccc(C)c(C)c3)oc2c1. The normalized spacial score (nSPS) is 11.0. The zero-order valence-corrected chi connectivity index (χ0v) is 12.2. The van der Waals surface area contributed by atoms with Gasteiger partial charge in [-0.05, 0) is 55.7 Å². The van der Waals surface area contributed by atoms with Gasteiger partial charge in [0, 0.05) is 11.6 Å². The Morgan fingerprint density at radius 3 is 2.43 bits per heavy atom. The van der Waals surface area contributed by atoms with Crippen molar-refractivity contribution in [1.29, 1.82) is 0 Å². The number of benzene rings is 2. The third kappa shape index (κ3) is 2.31. The highest BCUT2D eigenvalue weighted by Crippen LogP contribution is 2.28. The van der Waals surface area contributed by atoms with E-state index in [4.69, 9.17) is 4.42 Å².